The number of carbonyl (C=O) groups is 1. The molecule has 1 amide bonds. The van der Waals surface area contributed by atoms with Crippen molar-refractivity contribution in [2.24, 2.45) is 0 Å². The highest BCUT2D eigenvalue weighted by Crippen LogP contribution is 2.38. The molecule has 0 atom stereocenters. The van der Waals surface area contributed by atoms with Gasteiger partial charge in [0.1, 0.15) is 17.1 Å². The minimum atomic E-state index is -5.67. The number of amides is 1. The van der Waals surface area contributed by atoms with Crippen molar-refractivity contribution in [3.8, 4) is 5.69 Å². The summed E-state index contributed by atoms with van der Waals surface area (Å²) in [6.45, 7) is 2.99. The number of benzene rings is 1. The van der Waals surface area contributed by atoms with Crippen LogP contribution in [0.3, 0.4) is 0 Å². The maximum absolute atomic E-state index is 14.0. The number of nitrogens with zero attached hydrogens (tertiary/aromatic N) is 2. The molecule has 2 rings (SSSR count). The van der Waals surface area contributed by atoms with E-state index in [1.165, 1.54) is 13.8 Å². The molecule has 26 heavy (non-hydrogen) atoms. The standard InChI is InChI=1S/C14H10F7N3O2/c1-5(2)26-13(25)23-6-3-4-22-24(6)12-10(17)8(15)7(14(19,20)21)9(16)11(12)18/h3-5H,1-2H3,(H,23,25). The van der Waals surface area contributed by atoms with Crippen LogP contribution in [0.1, 0.15) is 19.4 Å². The molecule has 1 aromatic carbocycles. The molecular weight excluding hydrogens is 375 g/mol. The Morgan fingerprint density at radius 3 is 2.12 bits per heavy atom. The highest BCUT2D eigenvalue weighted by Gasteiger charge is 2.43. The van der Waals surface area contributed by atoms with Crippen LogP contribution in [0.5, 0.6) is 0 Å². The van der Waals surface area contributed by atoms with Gasteiger partial charge in [0.15, 0.2) is 23.3 Å². The van der Waals surface area contributed by atoms with Crippen LogP contribution in [0.4, 0.5) is 41.3 Å². The lowest BCUT2D eigenvalue weighted by Crippen LogP contribution is -2.22. The lowest BCUT2D eigenvalue weighted by atomic mass is 10.1. The van der Waals surface area contributed by atoms with E-state index >= 15 is 0 Å². The fourth-order valence-corrected chi connectivity index (χ4v) is 1.98. The van der Waals surface area contributed by atoms with Crippen molar-refractivity contribution in [2.75, 3.05) is 5.32 Å². The molecule has 0 radical (unpaired) electrons. The van der Waals surface area contributed by atoms with Crippen molar-refractivity contribution in [3.63, 3.8) is 0 Å². The molecule has 0 saturated heterocycles. The lowest BCUT2D eigenvalue weighted by Gasteiger charge is -2.16. The van der Waals surface area contributed by atoms with Crippen LogP contribution in [0.25, 0.3) is 5.69 Å². The van der Waals surface area contributed by atoms with Gasteiger partial charge in [-0.25, -0.2) is 27.0 Å². The summed E-state index contributed by atoms with van der Waals surface area (Å²) in [6, 6.07) is 0.980. The zero-order valence-corrected chi connectivity index (χ0v) is 13.1. The Morgan fingerprint density at radius 2 is 1.65 bits per heavy atom. The van der Waals surface area contributed by atoms with E-state index in [1.807, 2.05) is 5.32 Å². The lowest BCUT2D eigenvalue weighted by molar-refractivity contribution is -0.143. The Hall–Kier alpha value is -2.79. The predicted molar refractivity (Wildman–Crippen MR) is 73.6 cm³/mol. The number of carbonyl (C=O) groups excluding carboxylic acids is 1. The first-order chi connectivity index (χ1) is 11.9. The molecule has 12 heteroatoms. The van der Waals surface area contributed by atoms with Gasteiger partial charge < -0.3 is 4.74 Å². The molecule has 0 spiro atoms. The zero-order valence-electron chi connectivity index (χ0n) is 13.1. The second-order valence-electron chi connectivity index (χ2n) is 5.18. The molecule has 142 valence electrons. The smallest absolute Gasteiger partial charge is 0.422 e. The van der Waals surface area contributed by atoms with E-state index in [4.69, 9.17) is 4.74 Å². The summed E-state index contributed by atoms with van der Waals surface area (Å²) in [5.74, 6) is -10.4. The first-order valence-corrected chi connectivity index (χ1v) is 6.90. The topological polar surface area (TPSA) is 56.1 Å². The molecule has 0 aliphatic heterocycles. The maximum Gasteiger partial charge on any atom is 0.422 e. The summed E-state index contributed by atoms with van der Waals surface area (Å²) < 4.78 is 98.2. The van der Waals surface area contributed by atoms with Gasteiger partial charge >= 0.3 is 12.3 Å². The molecule has 5 nitrogen and oxygen atoms in total. The van der Waals surface area contributed by atoms with E-state index in [2.05, 4.69) is 5.10 Å². The van der Waals surface area contributed by atoms with E-state index in [9.17, 15) is 35.5 Å². The highest BCUT2D eigenvalue weighted by atomic mass is 19.4. The normalized spacial score (nSPS) is 11.8. The number of hydrogen-bond acceptors (Lipinski definition) is 3. The van der Waals surface area contributed by atoms with Crippen molar-refractivity contribution in [2.45, 2.75) is 26.1 Å². The quantitative estimate of drug-likeness (QED) is 0.629. The summed E-state index contributed by atoms with van der Waals surface area (Å²) in [6.07, 6.45) is -6.44. The molecular formula is C14H10F7N3O2. The fourth-order valence-electron chi connectivity index (χ4n) is 1.98. The van der Waals surface area contributed by atoms with Crippen LogP contribution >= 0.6 is 0 Å². The number of hydrogen-bond donors (Lipinski definition) is 1. The van der Waals surface area contributed by atoms with Gasteiger partial charge in [0, 0.05) is 6.07 Å². The summed E-state index contributed by atoms with van der Waals surface area (Å²) in [5.41, 5.74) is -4.28. The third-order valence-corrected chi connectivity index (χ3v) is 2.95. The largest absolute Gasteiger partial charge is 0.447 e. The Morgan fingerprint density at radius 1 is 1.12 bits per heavy atom. The van der Waals surface area contributed by atoms with Gasteiger partial charge in [0.25, 0.3) is 0 Å². The zero-order chi connectivity index (χ0) is 19.8. The molecule has 1 N–H and O–H groups in total. The molecule has 0 aliphatic rings. The third-order valence-electron chi connectivity index (χ3n) is 2.95. The molecule has 2 aromatic rings. The molecule has 0 fully saturated rings. The van der Waals surface area contributed by atoms with Crippen molar-refractivity contribution in [1.29, 1.82) is 0 Å². The molecule has 1 aromatic heterocycles. The van der Waals surface area contributed by atoms with Crippen LogP contribution < -0.4 is 5.32 Å². The van der Waals surface area contributed by atoms with Crippen molar-refractivity contribution < 1.29 is 40.3 Å². The van der Waals surface area contributed by atoms with Gasteiger partial charge in [-0.2, -0.15) is 18.3 Å². The Kier molecular flexibility index (Phi) is 5.14. The van der Waals surface area contributed by atoms with Crippen LogP contribution in [0.2, 0.25) is 0 Å². The number of aromatic nitrogens is 2. The van der Waals surface area contributed by atoms with E-state index < -0.39 is 58.7 Å². The van der Waals surface area contributed by atoms with Crippen molar-refractivity contribution in [3.05, 3.63) is 41.1 Å². The summed E-state index contributed by atoms with van der Waals surface area (Å²) in [4.78, 5) is 11.5. The molecule has 0 bridgehead atoms. The van der Waals surface area contributed by atoms with E-state index in [0.29, 0.717) is 0 Å². The number of alkyl halides is 3. The van der Waals surface area contributed by atoms with Crippen LogP contribution in [0.15, 0.2) is 12.3 Å². The number of nitrogens with one attached hydrogen (secondary N) is 1. The first kappa shape index (κ1) is 19.5. The highest BCUT2D eigenvalue weighted by molar-refractivity contribution is 5.83. The fraction of sp³-hybridized carbons (Fsp3) is 0.286. The number of halogens is 7. The Labute approximate surface area is 141 Å². The maximum atomic E-state index is 14.0. The molecule has 0 unspecified atom stereocenters. The molecule has 0 aliphatic carbocycles. The Bertz CT molecular complexity index is 817. The minimum Gasteiger partial charge on any atom is -0.447 e. The summed E-state index contributed by atoms with van der Waals surface area (Å²) in [7, 11) is 0. The van der Waals surface area contributed by atoms with Crippen LogP contribution in [-0.2, 0) is 10.9 Å². The Balaban J connectivity index is 2.59. The first-order valence-electron chi connectivity index (χ1n) is 6.90. The summed E-state index contributed by atoms with van der Waals surface area (Å²) in [5, 5.41) is 5.36. The second kappa shape index (κ2) is 6.84. The average Bonchev–Trinajstić information content (AvgIpc) is 2.91. The summed E-state index contributed by atoms with van der Waals surface area (Å²) >= 11 is 0. The minimum absolute atomic E-state index is 0.193. The van der Waals surface area contributed by atoms with Crippen LogP contribution in [0, 0.1) is 23.3 Å². The SMILES string of the molecule is CC(C)OC(=O)Nc1ccnn1-c1c(F)c(F)c(C(F)(F)F)c(F)c1F. The van der Waals surface area contributed by atoms with Gasteiger partial charge in [-0.05, 0) is 13.8 Å². The van der Waals surface area contributed by atoms with E-state index in [-0.39, 0.29) is 4.68 Å². The van der Waals surface area contributed by atoms with E-state index in [1.54, 1.807) is 0 Å². The van der Waals surface area contributed by atoms with Crippen LogP contribution in [-0.4, -0.2) is 22.0 Å². The van der Waals surface area contributed by atoms with Gasteiger partial charge in [0.05, 0.1) is 12.3 Å². The van der Waals surface area contributed by atoms with Gasteiger partial charge in [-0.15, -0.1) is 0 Å². The molecule has 1 heterocycles. The number of rotatable bonds is 3. The van der Waals surface area contributed by atoms with Crippen molar-refractivity contribution >= 4 is 11.9 Å². The van der Waals surface area contributed by atoms with Gasteiger partial charge in [-0.1, -0.05) is 0 Å². The monoisotopic (exact) mass is 385 g/mol. The number of anilines is 1. The predicted octanol–water partition coefficient (Wildman–Crippen LogP) is 4.40. The van der Waals surface area contributed by atoms with Gasteiger partial charge in [0.2, 0.25) is 0 Å². The number of ether oxygens (including phenoxy) is 1. The van der Waals surface area contributed by atoms with Gasteiger partial charge in [-0.3, -0.25) is 5.32 Å². The third kappa shape index (κ3) is 3.58. The average molecular weight is 385 g/mol. The molecule has 0 saturated carbocycles. The van der Waals surface area contributed by atoms with Crippen molar-refractivity contribution in [1.82, 2.24) is 9.78 Å². The second-order valence-corrected chi connectivity index (χ2v) is 5.18. The van der Waals surface area contributed by atoms with E-state index in [0.717, 1.165) is 12.3 Å².